The highest BCUT2D eigenvalue weighted by Gasteiger charge is 2.17. The highest BCUT2D eigenvalue weighted by molar-refractivity contribution is 6.72. The number of nitrogens with zero attached hydrogens (tertiary/aromatic N) is 1. The zero-order chi connectivity index (χ0) is 9.72. The molecule has 0 saturated carbocycles. The second kappa shape index (κ2) is 4.82. The van der Waals surface area contributed by atoms with Gasteiger partial charge in [-0.25, -0.2) is 8.78 Å². The Morgan fingerprint density at radius 1 is 1.67 bits per heavy atom. The van der Waals surface area contributed by atoms with Crippen molar-refractivity contribution >= 4 is 22.5 Å². The predicted octanol–water partition coefficient (Wildman–Crippen LogP) is 0.783. The summed E-state index contributed by atoms with van der Waals surface area (Å²) in [5.41, 5.74) is -1.69. The Morgan fingerprint density at radius 2 is 2.17 bits per heavy atom. The van der Waals surface area contributed by atoms with Crippen LogP contribution in [0.4, 0.5) is 8.78 Å². The van der Waals surface area contributed by atoms with E-state index in [4.69, 9.17) is 17.0 Å². The fraction of sp³-hybridized carbons (Fsp3) is 0.333. The van der Waals surface area contributed by atoms with Gasteiger partial charge in [0.05, 0.1) is 0 Å². The van der Waals surface area contributed by atoms with Crippen LogP contribution in [0.15, 0.2) is 16.8 Å². The van der Waals surface area contributed by atoms with Crippen molar-refractivity contribution in [2.75, 3.05) is 7.05 Å². The van der Waals surface area contributed by atoms with Crippen LogP contribution in [0.25, 0.3) is 0 Å². The van der Waals surface area contributed by atoms with Crippen LogP contribution in [0.3, 0.4) is 0 Å². The summed E-state index contributed by atoms with van der Waals surface area (Å²) in [6.45, 7) is 0. The normalized spacial score (nSPS) is 13.8. The van der Waals surface area contributed by atoms with E-state index in [0.717, 1.165) is 0 Å². The van der Waals surface area contributed by atoms with Crippen molar-refractivity contribution in [3.05, 3.63) is 11.8 Å². The molecule has 6 heteroatoms. The first kappa shape index (κ1) is 11.0. The van der Waals surface area contributed by atoms with E-state index in [0.29, 0.717) is 0 Å². The van der Waals surface area contributed by atoms with Gasteiger partial charge in [0.25, 0.3) is 6.43 Å². The Hall–Kier alpha value is -0.970. The summed E-state index contributed by atoms with van der Waals surface area (Å²) >= 11 is 5.28. The molecule has 0 bridgehead atoms. The predicted molar refractivity (Wildman–Crippen MR) is 41.0 cm³/mol. The Bertz CT molecular complexity index is 238. The Kier molecular flexibility index (Phi) is 4.43. The summed E-state index contributed by atoms with van der Waals surface area (Å²) in [4.78, 5) is 3.30. The Morgan fingerprint density at radius 3 is 2.42 bits per heavy atom. The number of hydrogen-bond donors (Lipinski definition) is 1. The molecule has 0 saturated heterocycles. The minimum atomic E-state index is -3.01. The molecule has 0 aliphatic carbocycles. The number of alkyl halides is 2. The highest BCUT2D eigenvalue weighted by atomic mass is 35.5. The van der Waals surface area contributed by atoms with E-state index in [2.05, 4.69) is 4.99 Å². The van der Waals surface area contributed by atoms with Gasteiger partial charge in [0.1, 0.15) is 10.9 Å². The van der Waals surface area contributed by atoms with Crippen LogP contribution in [-0.2, 0) is 0 Å². The van der Waals surface area contributed by atoms with Crippen molar-refractivity contribution in [2.45, 2.75) is 6.43 Å². The third-order valence-electron chi connectivity index (χ3n) is 1.04. The summed E-state index contributed by atoms with van der Waals surface area (Å²) in [5.74, 6) is 0. The highest BCUT2D eigenvalue weighted by Crippen LogP contribution is 2.09. The molecule has 3 nitrogen and oxygen atoms in total. The lowest BCUT2D eigenvalue weighted by molar-refractivity contribution is -0.275. The van der Waals surface area contributed by atoms with Gasteiger partial charge in [0.15, 0.2) is 0 Å². The summed E-state index contributed by atoms with van der Waals surface area (Å²) in [7, 11) is 1.24. The maximum Gasteiger partial charge on any atom is 0.280 e. The Balaban J connectivity index is 4.72. The van der Waals surface area contributed by atoms with Crippen molar-refractivity contribution in [3.8, 4) is 0 Å². The SMILES string of the molecule is CN=C(Cl)C(=C[O-])C(=N)C(F)F. The summed E-state index contributed by atoms with van der Waals surface area (Å²) in [5, 5.41) is 16.5. The first-order valence-corrected chi connectivity index (χ1v) is 3.24. The van der Waals surface area contributed by atoms with Gasteiger partial charge in [-0.15, -0.1) is 6.26 Å². The third kappa shape index (κ3) is 2.58. The molecule has 1 N–H and O–H groups in total. The lowest BCUT2D eigenvalue weighted by Gasteiger charge is -2.07. The molecule has 0 aromatic rings. The zero-order valence-corrected chi connectivity index (χ0v) is 6.90. The molecule has 0 heterocycles. The molecule has 12 heavy (non-hydrogen) atoms. The van der Waals surface area contributed by atoms with Crippen molar-refractivity contribution in [3.63, 3.8) is 0 Å². The molecule has 0 rings (SSSR count). The van der Waals surface area contributed by atoms with Crippen molar-refractivity contribution in [1.29, 1.82) is 5.41 Å². The lowest BCUT2D eigenvalue weighted by atomic mass is 10.2. The van der Waals surface area contributed by atoms with Gasteiger partial charge in [0.2, 0.25) is 0 Å². The molecule has 0 amide bonds. The van der Waals surface area contributed by atoms with E-state index in [1.54, 1.807) is 0 Å². The number of halogens is 3. The first-order valence-electron chi connectivity index (χ1n) is 2.86. The van der Waals surface area contributed by atoms with E-state index in [-0.39, 0.29) is 11.4 Å². The number of nitrogens with one attached hydrogen (secondary N) is 1. The lowest BCUT2D eigenvalue weighted by Crippen LogP contribution is -2.18. The monoisotopic (exact) mass is 195 g/mol. The molecule has 0 fully saturated rings. The molecule has 0 aliphatic rings. The maximum atomic E-state index is 11.8. The van der Waals surface area contributed by atoms with Gasteiger partial charge in [-0.05, 0) is 0 Å². The topological polar surface area (TPSA) is 59.3 Å². The van der Waals surface area contributed by atoms with Crippen LogP contribution >= 0.6 is 11.6 Å². The van der Waals surface area contributed by atoms with Crippen LogP contribution in [0, 0.1) is 5.41 Å². The van der Waals surface area contributed by atoms with Gasteiger partial charge >= 0.3 is 0 Å². The fourth-order valence-electron chi connectivity index (χ4n) is 0.461. The summed E-state index contributed by atoms with van der Waals surface area (Å²) in [6.07, 6.45) is -2.93. The molecule has 0 aromatic heterocycles. The van der Waals surface area contributed by atoms with Crippen LogP contribution in [0.1, 0.15) is 0 Å². The van der Waals surface area contributed by atoms with E-state index >= 15 is 0 Å². The molecule has 0 radical (unpaired) electrons. The Labute approximate surface area is 72.9 Å². The largest absolute Gasteiger partial charge is 0.877 e. The van der Waals surface area contributed by atoms with E-state index < -0.39 is 17.7 Å². The molecular weight excluding hydrogens is 190 g/mol. The third-order valence-corrected chi connectivity index (χ3v) is 1.42. The van der Waals surface area contributed by atoms with Gasteiger partial charge in [-0.2, -0.15) is 0 Å². The molecule has 0 atom stereocenters. The maximum absolute atomic E-state index is 11.8. The average Bonchev–Trinajstić information content (AvgIpc) is 2.05. The fourth-order valence-corrected chi connectivity index (χ4v) is 0.608. The number of allylic oxidation sites excluding steroid dienone is 1. The number of hydrogen-bond acceptors (Lipinski definition) is 3. The van der Waals surface area contributed by atoms with Gasteiger partial charge in [-0.1, -0.05) is 11.6 Å². The van der Waals surface area contributed by atoms with E-state index in [1.165, 1.54) is 7.05 Å². The van der Waals surface area contributed by atoms with Crippen molar-refractivity contribution in [2.24, 2.45) is 4.99 Å². The van der Waals surface area contributed by atoms with Gasteiger partial charge in [-0.3, -0.25) is 10.4 Å². The first-order chi connectivity index (χ1) is 5.54. The minimum Gasteiger partial charge on any atom is -0.877 e. The summed E-state index contributed by atoms with van der Waals surface area (Å²) in [6, 6.07) is 0. The number of rotatable bonds is 3. The summed E-state index contributed by atoms with van der Waals surface area (Å²) < 4.78 is 23.7. The molecule has 0 spiro atoms. The van der Waals surface area contributed by atoms with Crippen molar-refractivity contribution < 1.29 is 13.9 Å². The molecule has 68 valence electrons. The second-order valence-electron chi connectivity index (χ2n) is 1.76. The van der Waals surface area contributed by atoms with Crippen LogP contribution in [0.5, 0.6) is 0 Å². The minimum absolute atomic E-state index is 0.0871. The van der Waals surface area contributed by atoms with Gasteiger partial charge < -0.3 is 5.11 Å². The van der Waals surface area contributed by atoms with Crippen LogP contribution in [-0.4, -0.2) is 24.4 Å². The van der Waals surface area contributed by atoms with Gasteiger partial charge in [0, 0.05) is 12.6 Å². The molecule has 0 unspecified atom stereocenters. The zero-order valence-electron chi connectivity index (χ0n) is 6.14. The average molecular weight is 196 g/mol. The number of aliphatic imine (C=N–C) groups is 1. The quantitative estimate of drug-likeness (QED) is 0.525. The second-order valence-corrected chi connectivity index (χ2v) is 2.12. The van der Waals surface area contributed by atoms with E-state index in [9.17, 15) is 13.9 Å². The van der Waals surface area contributed by atoms with Crippen LogP contribution in [0.2, 0.25) is 0 Å². The molecule has 0 aliphatic heterocycles. The van der Waals surface area contributed by atoms with E-state index in [1.807, 2.05) is 0 Å². The van der Waals surface area contributed by atoms with Crippen molar-refractivity contribution in [1.82, 2.24) is 0 Å². The molecular formula is C6H6ClF2N2O-. The standard InChI is InChI=1S/C6H7ClF2N2O/c1-11-5(7)3(2-12)4(10)6(8)9/h2,6,10,12H,1H3/p-1. The van der Waals surface area contributed by atoms with Crippen LogP contribution < -0.4 is 5.11 Å². The molecule has 0 aromatic carbocycles. The smallest absolute Gasteiger partial charge is 0.280 e.